The van der Waals surface area contributed by atoms with E-state index in [-0.39, 0.29) is 6.10 Å². The van der Waals surface area contributed by atoms with Crippen LogP contribution in [0.5, 0.6) is 5.75 Å². The van der Waals surface area contributed by atoms with Crippen LogP contribution in [-0.4, -0.2) is 30.8 Å². The lowest BCUT2D eigenvalue weighted by Gasteiger charge is -2.10. The normalized spacial score (nSPS) is 17.9. The molecule has 29 heavy (non-hydrogen) atoms. The SMILES string of the molecule is COc1ccc(SCCNc2scc(-c3ccc(Cl)cc3)c2C2OC2O)c(N)c1. The zero-order chi connectivity index (χ0) is 20.4. The predicted molar refractivity (Wildman–Crippen MR) is 121 cm³/mol. The van der Waals surface area contributed by atoms with E-state index in [0.717, 1.165) is 44.6 Å². The molecule has 0 saturated carbocycles. The molecule has 4 N–H and O–H groups in total. The van der Waals surface area contributed by atoms with Gasteiger partial charge in [-0.05, 0) is 29.8 Å². The molecular weight excluding hydrogens is 428 g/mol. The highest BCUT2D eigenvalue weighted by atomic mass is 35.5. The number of nitrogen functional groups attached to an aromatic ring is 1. The summed E-state index contributed by atoms with van der Waals surface area (Å²) in [5, 5.41) is 17.1. The number of thioether (sulfide) groups is 1. The van der Waals surface area contributed by atoms with Crippen LogP contribution in [0.2, 0.25) is 5.02 Å². The Kier molecular flexibility index (Phi) is 6.22. The van der Waals surface area contributed by atoms with Crippen LogP contribution in [0.3, 0.4) is 0 Å². The van der Waals surface area contributed by atoms with Gasteiger partial charge in [-0.25, -0.2) is 0 Å². The first-order valence-electron chi connectivity index (χ1n) is 9.08. The van der Waals surface area contributed by atoms with Crippen molar-refractivity contribution < 1.29 is 14.6 Å². The minimum absolute atomic E-state index is 0.292. The van der Waals surface area contributed by atoms with E-state index in [1.54, 1.807) is 30.2 Å². The zero-order valence-electron chi connectivity index (χ0n) is 15.7. The Balaban J connectivity index is 1.43. The average Bonchev–Trinajstić information content (AvgIpc) is 3.29. The first kappa shape index (κ1) is 20.4. The number of nitrogens with one attached hydrogen (secondary N) is 1. The lowest BCUT2D eigenvalue weighted by Crippen LogP contribution is -2.05. The minimum Gasteiger partial charge on any atom is -0.497 e. The number of hydrogen-bond acceptors (Lipinski definition) is 7. The van der Waals surface area contributed by atoms with Crippen LogP contribution in [0, 0.1) is 0 Å². The summed E-state index contributed by atoms with van der Waals surface area (Å²) in [5.41, 5.74) is 9.91. The Morgan fingerprint density at radius 2 is 2.03 bits per heavy atom. The van der Waals surface area contributed by atoms with E-state index in [0.29, 0.717) is 10.7 Å². The monoisotopic (exact) mass is 448 g/mol. The maximum absolute atomic E-state index is 9.84. The van der Waals surface area contributed by atoms with Gasteiger partial charge in [0, 0.05) is 50.5 Å². The highest BCUT2D eigenvalue weighted by molar-refractivity contribution is 7.99. The summed E-state index contributed by atoms with van der Waals surface area (Å²) in [6.45, 7) is 0.756. The van der Waals surface area contributed by atoms with Gasteiger partial charge >= 0.3 is 0 Å². The van der Waals surface area contributed by atoms with E-state index < -0.39 is 6.29 Å². The zero-order valence-corrected chi connectivity index (χ0v) is 18.1. The van der Waals surface area contributed by atoms with Crippen LogP contribution in [0.15, 0.2) is 52.7 Å². The number of methoxy groups -OCH3 is 1. The summed E-state index contributed by atoms with van der Waals surface area (Å²) in [7, 11) is 1.63. The molecule has 0 aliphatic carbocycles. The summed E-state index contributed by atoms with van der Waals surface area (Å²) < 4.78 is 10.6. The molecule has 4 rings (SSSR count). The lowest BCUT2D eigenvalue weighted by atomic mass is 10.0. The second-order valence-corrected chi connectivity index (χ2v) is 8.98. The van der Waals surface area contributed by atoms with Gasteiger partial charge in [0.2, 0.25) is 0 Å². The first-order chi connectivity index (χ1) is 14.1. The number of epoxide rings is 1. The molecular formula is C21H21ClN2O3S2. The number of aliphatic hydroxyl groups excluding tert-OH is 1. The molecule has 2 atom stereocenters. The number of nitrogens with two attached hydrogens (primary N) is 1. The van der Waals surface area contributed by atoms with Crippen molar-refractivity contribution in [3.05, 3.63) is 58.4 Å². The van der Waals surface area contributed by atoms with Gasteiger partial charge in [0.1, 0.15) is 11.9 Å². The third kappa shape index (κ3) is 4.65. The molecule has 1 saturated heterocycles. The molecule has 1 aliphatic heterocycles. The molecule has 8 heteroatoms. The smallest absolute Gasteiger partial charge is 0.186 e. The molecule has 1 fully saturated rings. The van der Waals surface area contributed by atoms with Gasteiger partial charge in [-0.3, -0.25) is 0 Å². The molecule has 0 bridgehead atoms. The van der Waals surface area contributed by atoms with Crippen molar-refractivity contribution in [1.29, 1.82) is 0 Å². The number of thiophene rings is 1. The second kappa shape index (κ2) is 8.85. The van der Waals surface area contributed by atoms with E-state index in [1.807, 2.05) is 42.5 Å². The van der Waals surface area contributed by atoms with E-state index in [4.69, 9.17) is 26.8 Å². The number of rotatable bonds is 8. The van der Waals surface area contributed by atoms with Gasteiger partial charge in [0.05, 0.1) is 12.1 Å². The Labute approximate surface area is 182 Å². The standard InChI is InChI=1S/C21H21ClN2O3S2/c1-26-14-6-7-17(16(23)10-14)28-9-8-24-20-18(19-21(25)27-19)15(11-29-20)12-2-4-13(22)5-3-12/h2-7,10-11,19,21,24-25H,8-9,23H2,1H3. The van der Waals surface area contributed by atoms with Crippen molar-refractivity contribution in [3.8, 4) is 16.9 Å². The maximum Gasteiger partial charge on any atom is 0.186 e. The van der Waals surface area contributed by atoms with Crippen molar-refractivity contribution in [2.45, 2.75) is 17.3 Å². The Morgan fingerprint density at radius 3 is 2.69 bits per heavy atom. The van der Waals surface area contributed by atoms with Crippen LogP contribution >= 0.6 is 34.7 Å². The fourth-order valence-corrected chi connectivity index (χ4v) is 5.04. The number of hydrogen-bond donors (Lipinski definition) is 3. The van der Waals surface area contributed by atoms with Crippen molar-refractivity contribution >= 4 is 45.4 Å². The molecule has 3 aromatic rings. The predicted octanol–water partition coefficient (Wildman–Crippen LogP) is 5.25. The van der Waals surface area contributed by atoms with Crippen molar-refractivity contribution in [2.75, 3.05) is 30.5 Å². The fourth-order valence-electron chi connectivity index (χ4n) is 3.07. The van der Waals surface area contributed by atoms with Gasteiger partial charge in [0.25, 0.3) is 0 Å². The lowest BCUT2D eigenvalue weighted by molar-refractivity contribution is 0.156. The third-order valence-electron chi connectivity index (χ3n) is 4.60. The highest BCUT2D eigenvalue weighted by Gasteiger charge is 2.42. The summed E-state index contributed by atoms with van der Waals surface area (Å²) in [5.74, 6) is 1.60. The molecule has 0 radical (unpaired) electrons. The van der Waals surface area contributed by atoms with E-state index in [9.17, 15) is 5.11 Å². The molecule has 5 nitrogen and oxygen atoms in total. The van der Waals surface area contributed by atoms with E-state index >= 15 is 0 Å². The van der Waals surface area contributed by atoms with E-state index in [1.165, 1.54) is 0 Å². The summed E-state index contributed by atoms with van der Waals surface area (Å²) in [6.07, 6.45) is -1.04. The summed E-state index contributed by atoms with van der Waals surface area (Å²) in [4.78, 5) is 1.03. The van der Waals surface area contributed by atoms with Gasteiger partial charge in [-0.2, -0.15) is 0 Å². The molecule has 2 aromatic carbocycles. The van der Waals surface area contributed by atoms with Gasteiger partial charge < -0.3 is 25.6 Å². The Bertz CT molecular complexity index is 994. The van der Waals surface area contributed by atoms with Crippen LogP contribution in [-0.2, 0) is 4.74 Å². The molecule has 2 heterocycles. The van der Waals surface area contributed by atoms with Gasteiger partial charge in [-0.1, -0.05) is 23.7 Å². The number of anilines is 2. The molecule has 1 aromatic heterocycles. The highest BCUT2D eigenvalue weighted by Crippen LogP contribution is 2.48. The first-order valence-corrected chi connectivity index (χ1v) is 11.3. The van der Waals surface area contributed by atoms with Crippen LogP contribution < -0.4 is 15.8 Å². The minimum atomic E-state index is -0.746. The van der Waals surface area contributed by atoms with Crippen molar-refractivity contribution in [2.24, 2.45) is 0 Å². The summed E-state index contributed by atoms with van der Waals surface area (Å²) in [6, 6.07) is 13.4. The molecule has 2 unspecified atom stereocenters. The molecule has 1 aliphatic rings. The van der Waals surface area contributed by atoms with E-state index in [2.05, 4.69) is 10.7 Å². The molecule has 152 valence electrons. The van der Waals surface area contributed by atoms with Crippen molar-refractivity contribution in [1.82, 2.24) is 0 Å². The number of ether oxygens (including phenoxy) is 2. The Morgan fingerprint density at radius 1 is 1.28 bits per heavy atom. The van der Waals surface area contributed by atoms with Gasteiger partial charge in [-0.15, -0.1) is 23.1 Å². The fraction of sp³-hybridized carbons (Fsp3) is 0.238. The second-order valence-electron chi connectivity index (χ2n) is 6.53. The van der Waals surface area contributed by atoms with Crippen molar-refractivity contribution in [3.63, 3.8) is 0 Å². The largest absolute Gasteiger partial charge is 0.497 e. The maximum atomic E-state index is 9.84. The number of halogens is 1. The molecule has 0 spiro atoms. The molecule has 0 amide bonds. The summed E-state index contributed by atoms with van der Waals surface area (Å²) >= 11 is 9.31. The topological polar surface area (TPSA) is 80.0 Å². The average molecular weight is 449 g/mol. The van der Waals surface area contributed by atoms with Crippen LogP contribution in [0.4, 0.5) is 10.7 Å². The number of benzene rings is 2. The number of aliphatic hydroxyl groups is 1. The van der Waals surface area contributed by atoms with Gasteiger partial charge in [0.15, 0.2) is 6.29 Å². The quantitative estimate of drug-likeness (QED) is 0.189. The third-order valence-corrected chi connectivity index (χ3v) is 6.90. The van der Waals surface area contributed by atoms with Crippen LogP contribution in [0.25, 0.3) is 11.1 Å². The Hall–Kier alpha value is -1.90. The van der Waals surface area contributed by atoms with Crippen LogP contribution in [0.1, 0.15) is 11.7 Å².